The molecule has 0 N–H and O–H groups in total. The zero-order valence-electron chi connectivity index (χ0n) is 23.9. The van der Waals surface area contributed by atoms with Crippen molar-refractivity contribution in [3.8, 4) is 0 Å². The van der Waals surface area contributed by atoms with E-state index in [1.165, 1.54) is 13.8 Å². The smallest absolute Gasteiger partial charge is 0.309 e. The molecule has 0 aromatic heterocycles. The maximum Gasteiger partial charge on any atom is 0.309 e. The lowest BCUT2D eigenvalue weighted by atomic mass is 9.45. The predicted octanol–water partition coefficient (Wildman–Crippen LogP) is 5.27. The van der Waals surface area contributed by atoms with Gasteiger partial charge in [0.2, 0.25) is 12.6 Å². The molecule has 1 aliphatic heterocycles. The van der Waals surface area contributed by atoms with Crippen LogP contribution >= 0.6 is 0 Å². The molecule has 3 aliphatic rings. The fourth-order valence-corrected chi connectivity index (χ4v) is 6.70. The van der Waals surface area contributed by atoms with Crippen molar-refractivity contribution in [2.45, 2.75) is 98.4 Å². The third kappa shape index (κ3) is 5.34. The van der Waals surface area contributed by atoms with Crippen LogP contribution < -0.4 is 0 Å². The van der Waals surface area contributed by atoms with E-state index in [0.29, 0.717) is 24.8 Å². The summed E-state index contributed by atoms with van der Waals surface area (Å²) in [5.41, 5.74) is 0.319. The fourth-order valence-electron chi connectivity index (χ4n) is 6.70. The summed E-state index contributed by atoms with van der Waals surface area (Å²) >= 11 is 0. The summed E-state index contributed by atoms with van der Waals surface area (Å²) in [6.07, 6.45) is 3.86. The number of allylic oxidation sites excluding steroid dienone is 2. The van der Waals surface area contributed by atoms with Gasteiger partial charge in [0.1, 0.15) is 6.10 Å². The predicted molar refractivity (Wildman–Crippen MR) is 141 cm³/mol. The van der Waals surface area contributed by atoms with Crippen LogP contribution in [0.5, 0.6) is 0 Å². The zero-order valence-corrected chi connectivity index (χ0v) is 23.9. The molecule has 0 radical (unpaired) electrons. The number of methoxy groups -OCH3 is 1. The third-order valence-corrected chi connectivity index (χ3v) is 9.21. The van der Waals surface area contributed by atoms with Crippen LogP contribution in [0.1, 0.15) is 73.6 Å². The first-order chi connectivity index (χ1) is 17.8. The molecule has 0 bridgehead atoms. The molecule has 38 heavy (non-hydrogen) atoms. The summed E-state index contributed by atoms with van der Waals surface area (Å²) in [6.45, 7) is 18.8. The van der Waals surface area contributed by atoms with Crippen molar-refractivity contribution in [1.82, 2.24) is 0 Å². The Hall–Kier alpha value is -2.45. The van der Waals surface area contributed by atoms with Crippen molar-refractivity contribution in [3.05, 3.63) is 36.5 Å². The van der Waals surface area contributed by atoms with Gasteiger partial charge < -0.3 is 18.9 Å². The van der Waals surface area contributed by atoms with Gasteiger partial charge in [-0.1, -0.05) is 52.5 Å². The average Bonchev–Trinajstić information content (AvgIpc) is 3.15. The van der Waals surface area contributed by atoms with Crippen molar-refractivity contribution < 1.29 is 38.1 Å². The molecule has 9 atom stereocenters. The van der Waals surface area contributed by atoms with Crippen LogP contribution in [0.2, 0.25) is 0 Å². The number of ether oxygens (including phenoxy) is 5. The molecular weight excluding hydrogens is 488 g/mol. The Bertz CT molecular complexity index is 985. The second-order valence-electron chi connectivity index (χ2n) is 11.4. The molecule has 2 aliphatic carbocycles. The van der Waals surface area contributed by atoms with Gasteiger partial charge in [0.15, 0.2) is 0 Å². The Kier molecular flexibility index (Phi) is 9.30. The summed E-state index contributed by atoms with van der Waals surface area (Å²) in [7, 11) is 1.64. The van der Waals surface area contributed by atoms with E-state index in [-0.39, 0.29) is 35.2 Å². The first kappa shape index (κ1) is 30.1. The van der Waals surface area contributed by atoms with Crippen LogP contribution in [0, 0.1) is 28.6 Å². The van der Waals surface area contributed by atoms with E-state index in [9.17, 15) is 14.4 Å². The molecule has 2 unspecified atom stereocenters. The maximum absolute atomic E-state index is 12.9. The van der Waals surface area contributed by atoms with Gasteiger partial charge >= 0.3 is 17.9 Å². The van der Waals surface area contributed by atoms with Gasteiger partial charge in [0, 0.05) is 26.5 Å². The molecule has 1 spiro atoms. The van der Waals surface area contributed by atoms with E-state index in [0.717, 1.165) is 18.4 Å². The standard InChI is InChI=1S/C30H44O8/c1-10-17(3)12-13-29(8)19(5)14-25(34-9)30-23(27(35-20(6)31)38-28(30)36-21(7)32)15-22(16-24(29)30)37-26(33)18(4)11-2/h10,15,18-19,22,24-25,27-28H,1,3,11-14,16H2,2,4-9H3/t18?,19-,22+,24+,25+,27+,28-,29-,30?/m0/s1. The number of hydrogen-bond acceptors (Lipinski definition) is 8. The lowest BCUT2D eigenvalue weighted by Gasteiger charge is -2.61. The van der Waals surface area contributed by atoms with Crippen molar-refractivity contribution in [3.63, 3.8) is 0 Å². The minimum absolute atomic E-state index is 0.194. The summed E-state index contributed by atoms with van der Waals surface area (Å²) in [5.74, 6) is -1.57. The van der Waals surface area contributed by atoms with Crippen molar-refractivity contribution in [1.29, 1.82) is 0 Å². The molecule has 1 saturated carbocycles. The van der Waals surface area contributed by atoms with Crippen molar-refractivity contribution in [2.24, 2.45) is 28.6 Å². The van der Waals surface area contributed by atoms with Crippen molar-refractivity contribution >= 4 is 17.9 Å². The monoisotopic (exact) mass is 532 g/mol. The minimum Gasteiger partial charge on any atom is -0.458 e. The first-order valence-electron chi connectivity index (χ1n) is 13.6. The molecule has 1 heterocycles. The Balaban J connectivity index is 2.22. The Morgan fingerprint density at radius 3 is 2.39 bits per heavy atom. The minimum atomic E-state index is -1.09. The lowest BCUT2D eigenvalue weighted by Crippen LogP contribution is -2.63. The van der Waals surface area contributed by atoms with Gasteiger partial charge in [-0.2, -0.15) is 0 Å². The highest BCUT2D eigenvalue weighted by Crippen LogP contribution is 2.68. The van der Waals surface area contributed by atoms with Gasteiger partial charge in [-0.3, -0.25) is 19.1 Å². The number of esters is 3. The zero-order chi connectivity index (χ0) is 28.4. The summed E-state index contributed by atoms with van der Waals surface area (Å²) < 4.78 is 29.8. The molecular formula is C30H44O8. The van der Waals surface area contributed by atoms with Gasteiger partial charge in [0.05, 0.1) is 17.4 Å². The van der Waals surface area contributed by atoms with Gasteiger partial charge in [-0.15, -0.1) is 0 Å². The van der Waals surface area contributed by atoms with Gasteiger partial charge in [0.25, 0.3) is 0 Å². The Morgan fingerprint density at radius 1 is 1.18 bits per heavy atom. The third-order valence-electron chi connectivity index (χ3n) is 9.21. The number of rotatable bonds is 10. The van der Waals surface area contributed by atoms with E-state index in [1.54, 1.807) is 13.2 Å². The highest BCUT2D eigenvalue weighted by Gasteiger charge is 2.71. The highest BCUT2D eigenvalue weighted by atomic mass is 16.8. The van der Waals surface area contributed by atoms with E-state index >= 15 is 0 Å². The van der Waals surface area contributed by atoms with Crippen LogP contribution in [0.15, 0.2) is 36.5 Å². The highest BCUT2D eigenvalue weighted by molar-refractivity contribution is 5.72. The average molecular weight is 533 g/mol. The summed E-state index contributed by atoms with van der Waals surface area (Å²) in [5, 5.41) is 0. The Morgan fingerprint density at radius 2 is 1.84 bits per heavy atom. The largest absolute Gasteiger partial charge is 0.458 e. The molecule has 0 aromatic rings. The van der Waals surface area contributed by atoms with Crippen LogP contribution in [0.25, 0.3) is 0 Å². The Labute approximate surface area is 226 Å². The van der Waals surface area contributed by atoms with E-state index in [4.69, 9.17) is 23.7 Å². The van der Waals surface area contributed by atoms with Crippen molar-refractivity contribution in [2.75, 3.05) is 7.11 Å². The maximum atomic E-state index is 12.9. The molecule has 3 rings (SSSR count). The van der Waals surface area contributed by atoms with Gasteiger partial charge in [-0.25, -0.2) is 0 Å². The molecule has 8 heteroatoms. The van der Waals surface area contributed by atoms with E-state index < -0.39 is 36.0 Å². The lowest BCUT2D eigenvalue weighted by molar-refractivity contribution is -0.258. The molecule has 0 aromatic carbocycles. The molecule has 212 valence electrons. The van der Waals surface area contributed by atoms with Crippen LogP contribution in [0.3, 0.4) is 0 Å². The normalized spacial score (nSPS) is 36.7. The number of carbonyl (C=O) groups excluding carboxylic acids is 3. The summed E-state index contributed by atoms with van der Waals surface area (Å²) in [4.78, 5) is 37.3. The second kappa shape index (κ2) is 11.7. The molecule has 2 fully saturated rings. The van der Waals surface area contributed by atoms with E-state index in [1.807, 2.05) is 19.9 Å². The van der Waals surface area contributed by atoms with E-state index in [2.05, 4.69) is 27.0 Å². The van der Waals surface area contributed by atoms with Crippen LogP contribution in [-0.4, -0.2) is 49.8 Å². The quantitative estimate of drug-likeness (QED) is 0.162. The summed E-state index contributed by atoms with van der Waals surface area (Å²) in [6, 6.07) is 0. The fraction of sp³-hybridized carbons (Fsp3) is 0.700. The second-order valence-corrected chi connectivity index (χ2v) is 11.4. The SMILES string of the molecule is C=CC(=C)CC[C@@]1(C)[C@@H](C)C[C@@H](OC)C23C(=C[C@@H](OC(=O)C(C)CC)C[C@@H]21)[C@H](OC(C)=O)O[C@@H]3OC(C)=O. The number of hydrogen-bond donors (Lipinski definition) is 0. The van der Waals surface area contributed by atoms with Crippen LogP contribution in [0.4, 0.5) is 0 Å². The number of carbonyl (C=O) groups is 3. The molecule has 1 saturated heterocycles. The van der Waals surface area contributed by atoms with Gasteiger partial charge in [-0.05, 0) is 55.4 Å². The first-order valence-corrected chi connectivity index (χ1v) is 13.6. The molecule has 8 nitrogen and oxygen atoms in total. The van der Waals surface area contributed by atoms with Crippen LogP contribution in [-0.2, 0) is 38.1 Å². The molecule has 0 amide bonds. The topological polar surface area (TPSA) is 97.4 Å².